The van der Waals surface area contributed by atoms with Crippen molar-refractivity contribution in [3.63, 3.8) is 0 Å². The lowest BCUT2D eigenvalue weighted by Crippen LogP contribution is -3.27. The van der Waals surface area contributed by atoms with E-state index in [-0.39, 0.29) is 0 Å². The molecule has 2 N–H and O–H groups in total. The van der Waals surface area contributed by atoms with Crippen LogP contribution in [0.4, 0.5) is 0 Å². The Balaban J connectivity index is 1.60. The Morgan fingerprint density at radius 2 is 1.48 bits per heavy atom. The van der Waals surface area contributed by atoms with Crippen molar-refractivity contribution in [1.82, 2.24) is 0 Å². The predicted molar refractivity (Wildman–Crippen MR) is 93.6 cm³/mol. The third-order valence-corrected chi connectivity index (χ3v) is 4.85. The second kappa shape index (κ2) is 8.27. The van der Waals surface area contributed by atoms with E-state index >= 15 is 0 Å². The van der Waals surface area contributed by atoms with E-state index in [4.69, 9.17) is 18.6 Å². The fraction of sp³-hybridized carbons (Fsp3) is 0.474. The number of ether oxygens (including phenoxy) is 3. The number of furan rings is 1. The molecule has 1 fully saturated rings. The highest BCUT2D eigenvalue weighted by Gasteiger charge is 2.24. The maximum absolute atomic E-state index is 5.46. The maximum atomic E-state index is 5.46. The van der Waals surface area contributed by atoms with Crippen LogP contribution in [-0.4, -0.2) is 47.5 Å². The monoisotopic (exact) mass is 348 g/mol. The molecule has 2 aromatic rings. The fourth-order valence-corrected chi connectivity index (χ4v) is 3.50. The lowest BCUT2D eigenvalue weighted by Gasteiger charge is -2.29. The van der Waals surface area contributed by atoms with Gasteiger partial charge in [0, 0.05) is 5.56 Å². The van der Waals surface area contributed by atoms with Crippen molar-refractivity contribution in [2.24, 2.45) is 0 Å². The zero-order valence-electron chi connectivity index (χ0n) is 15.3. The predicted octanol–water partition coefficient (Wildman–Crippen LogP) is -0.211. The molecule has 0 spiro atoms. The SMILES string of the molecule is COc1cc(C[NH+]2CC[NH+](Cc3ccco3)CC2)cc(OC)c1OC. The Morgan fingerprint density at radius 3 is 1.96 bits per heavy atom. The molecule has 1 aromatic carbocycles. The number of benzene rings is 1. The molecule has 1 aliphatic rings. The van der Waals surface area contributed by atoms with Gasteiger partial charge in [-0.2, -0.15) is 0 Å². The third kappa shape index (κ3) is 4.27. The van der Waals surface area contributed by atoms with Gasteiger partial charge in [-0.05, 0) is 24.3 Å². The lowest BCUT2D eigenvalue weighted by molar-refractivity contribution is -1.02. The van der Waals surface area contributed by atoms with Crippen molar-refractivity contribution in [3.05, 3.63) is 41.9 Å². The van der Waals surface area contributed by atoms with Gasteiger partial charge in [0.2, 0.25) is 5.75 Å². The first kappa shape index (κ1) is 17.6. The molecule has 0 radical (unpaired) electrons. The van der Waals surface area contributed by atoms with Crippen molar-refractivity contribution >= 4 is 0 Å². The van der Waals surface area contributed by atoms with Gasteiger partial charge >= 0.3 is 0 Å². The number of nitrogens with one attached hydrogen (secondary N) is 2. The third-order valence-electron chi connectivity index (χ3n) is 4.85. The van der Waals surface area contributed by atoms with Crippen LogP contribution in [0.3, 0.4) is 0 Å². The lowest BCUT2D eigenvalue weighted by atomic mass is 10.1. The number of hydrogen-bond donors (Lipinski definition) is 2. The molecule has 0 unspecified atom stereocenters. The second-order valence-electron chi connectivity index (χ2n) is 6.47. The normalized spacial score (nSPS) is 20.3. The summed E-state index contributed by atoms with van der Waals surface area (Å²) in [4.78, 5) is 3.17. The average molecular weight is 348 g/mol. The summed E-state index contributed by atoms with van der Waals surface area (Å²) in [6.45, 7) is 6.54. The first-order chi connectivity index (χ1) is 12.2. The zero-order chi connectivity index (χ0) is 17.6. The summed E-state index contributed by atoms with van der Waals surface area (Å²) in [5.41, 5.74) is 1.21. The van der Waals surface area contributed by atoms with Crippen molar-refractivity contribution < 1.29 is 28.4 Å². The number of rotatable bonds is 7. The van der Waals surface area contributed by atoms with Gasteiger partial charge in [-0.1, -0.05) is 0 Å². The number of piperazine rings is 1. The van der Waals surface area contributed by atoms with Crippen molar-refractivity contribution in [2.45, 2.75) is 13.1 Å². The Kier molecular flexibility index (Phi) is 5.83. The highest BCUT2D eigenvalue weighted by molar-refractivity contribution is 5.53. The minimum absolute atomic E-state index is 0.650. The minimum Gasteiger partial charge on any atom is -0.493 e. The molecular formula is C19H28N2O4+2. The van der Waals surface area contributed by atoms with Crippen LogP contribution < -0.4 is 24.0 Å². The Hall–Kier alpha value is -2.18. The highest BCUT2D eigenvalue weighted by Crippen LogP contribution is 2.37. The van der Waals surface area contributed by atoms with Gasteiger partial charge in [0.1, 0.15) is 39.3 Å². The van der Waals surface area contributed by atoms with Gasteiger partial charge in [-0.3, -0.25) is 0 Å². The topological polar surface area (TPSA) is 49.7 Å². The van der Waals surface area contributed by atoms with Crippen molar-refractivity contribution in [1.29, 1.82) is 0 Å². The molecule has 3 rings (SSSR count). The molecule has 1 aromatic heterocycles. The van der Waals surface area contributed by atoms with Gasteiger partial charge < -0.3 is 28.4 Å². The van der Waals surface area contributed by atoms with E-state index in [1.807, 2.05) is 6.07 Å². The fourth-order valence-electron chi connectivity index (χ4n) is 3.50. The smallest absolute Gasteiger partial charge is 0.203 e. The van der Waals surface area contributed by atoms with Crippen molar-refractivity contribution in [3.8, 4) is 17.2 Å². The molecule has 6 nitrogen and oxygen atoms in total. The molecule has 1 saturated heterocycles. The molecule has 0 aliphatic carbocycles. The van der Waals surface area contributed by atoms with Crippen molar-refractivity contribution in [2.75, 3.05) is 47.5 Å². The van der Waals surface area contributed by atoms with Gasteiger partial charge in [-0.25, -0.2) is 0 Å². The largest absolute Gasteiger partial charge is 0.493 e. The Labute approximate surface area is 148 Å². The second-order valence-corrected chi connectivity index (χ2v) is 6.47. The summed E-state index contributed by atoms with van der Waals surface area (Å²) in [7, 11) is 4.95. The van der Waals surface area contributed by atoms with Crippen LogP contribution in [0.1, 0.15) is 11.3 Å². The Bertz CT molecular complexity index is 639. The molecule has 0 bridgehead atoms. The molecule has 25 heavy (non-hydrogen) atoms. The minimum atomic E-state index is 0.650. The summed E-state index contributed by atoms with van der Waals surface area (Å²) >= 11 is 0. The summed E-state index contributed by atoms with van der Waals surface area (Å²) < 4.78 is 21.8. The molecule has 136 valence electrons. The zero-order valence-corrected chi connectivity index (χ0v) is 15.3. The van der Waals surface area contributed by atoms with Crippen LogP contribution in [0.25, 0.3) is 0 Å². The van der Waals surface area contributed by atoms with Crippen LogP contribution in [0.15, 0.2) is 34.9 Å². The molecule has 0 saturated carbocycles. The van der Waals surface area contributed by atoms with E-state index in [0.29, 0.717) is 5.75 Å². The van der Waals surface area contributed by atoms with E-state index in [1.54, 1.807) is 37.4 Å². The van der Waals surface area contributed by atoms with Crippen LogP contribution >= 0.6 is 0 Å². The summed E-state index contributed by atoms with van der Waals surface area (Å²) in [5, 5.41) is 0. The van der Waals surface area contributed by atoms with E-state index in [9.17, 15) is 0 Å². The average Bonchev–Trinajstić information content (AvgIpc) is 3.15. The van der Waals surface area contributed by atoms with E-state index in [1.165, 1.54) is 5.56 Å². The summed E-state index contributed by atoms with van der Waals surface area (Å²) in [6.07, 6.45) is 1.75. The molecule has 0 atom stereocenters. The van der Waals surface area contributed by atoms with Gasteiger partial charge in [0.05, 0.1) is 27.6 Å². The molecule has 2 heterocycles. The first-order valence-electron chi connectivity index (χ1n) is 8.72. The van der Waals surface area contributed by atoms with E-state index in [2.05, 4.69) is 18.2 Å². The van der Waals surface area contributed by atoms with E-state index < -0.39 is 0 Å². The molecule has 6 heteroatoms. The van der Waals surface area contributed by atoms with Gasteiger partial charge in [-0.15, -0.1) is 0 Å². The van der Waals surface area contributed by atoms with E-state index in [0.717, 1.165) is 56.5 Å². The number of hydrogen-bond acceptors (Lipinski definition) is 4. The van der Waals surface area contributed by atoms with Gasteiger partial charge in [0.25, 0.3) is 0 Å². The highest BCUT2D eigenvalue weighted by atomic mass is 16.5. The molecule has 0 amide bonds. The Morgan fingerprint density at radius 1 is 0.880 bits per heavy atom. The van der Waals surface area contributed by atoms with Crippen LogP contribution in [0.2, 0.25) is 0 Å². The summed E-state index contributed by atoms with van der Waals surface area (Å²) in [6, 6.07) is 8.12. The van der Waals surface area contributed by atoms with Gasteiger partial charge in [0.15, 0.2) is 17.3 Å². The van der Waals surface area contributed by atoms with Crippen LogP contribution in [0, 0.1) is 0 Å². The summed E-state index contributed by atoms with van der Waals surface area (Å²) in [5.74, 6) is 3.16. The standard InChI is InChI=1S/C19H26N2O4/c1-22-17-11-15(12-18(23-2)19(17)24-3)13-20-6-8-21(9-7-20)14-16-5-4-10-25-16/h4-5,10-12H,6-9,13-14H2,1-3H3/p+2. The number of quaternary nitrogens is 2. The van der Waals surface area contributed by atoms with Crippen LogP contribution in [-0.2, 0) is 13.1 Å². The maximum Gasteiger partial charge on any atom is 0.203 e. The quantitative estimate of drug-likeness (QED) is 0.727. The van der Waals surface area contributed by atoms with Crippen LogP contribution in [0.5, 0.6) is 17.2 Å². The molecule has 1 aliphatic heterocycles. The molecular weight excluding hydrogens is 320 g/mol. The first-order valence-corrected chi connectivity index (χ1v) is 8.72. The number of methoxy groups -OCH3 is 3.